The lowest BCUT2D eigenvalue weighted by Gasteiger charge is -2.10. The zero-order chi connectivity index (χ0) is 13.5. The molecular weight excluding hydrogens is 224 g/mol. The maximum Gasteiger partial charge on any atom is 0.338 e. The maximum absolute atomic E-state index is 11.7. The number of hydrogen-bond acceptors (Lipinski definition) is 2. The lowest BCUT2D eigenvalue weighted by molar-refractivity contribution is -0.130. The van der Waals surface area contributed by atoms with Gasteiger partial charge in [-0.15, -0.1) is 0 Å². The van der Waals surface area contributed by atoms with E-state index in [2.05, 4.69) is 6.58 Å². The Hall–Kier alpha value is -2.09. The molecule has 1 aromatic carbocycles. The molecule has 0 N–H and O–H groups in total. The summed E-state index contributed by atoms with van der Waals surface area (Å²) in [5, 5.41) is 0. The van der Waals surface area contributed by atoms with Gasteiger partial charge in [-0.3, -0.25) is 0 Å². The SMILES string of the molecule is C=C(C)C(=O)Oc1c(C=CC)cccc1C=CC. The Balaban J connectivity index is 3.26. The van der Waals surface area contributed by atoms with Crippen molar-refractivity contribution in [3.63, 3.8) is 0 Å². The van der Waals surface area contributed by atoms with Gasteiger partial charge in [0.2, 0.25) is 0 Å². The van der Waals surface area contributed by atoms with E-state index < -0.39 is 5.97 Å². The minimum Gasteiger partial charge on any atom is -0.422 e. The van der Waals surface area contributed by atoms with Gasteiger partial charge in [0.1, 0.15) is 5.75 Å². The van der Waals surface area contributed by atoms with Gasteiger partial charge in [-0.2, -0.15) is 0 Å². The molecule has 18 heavy (non-hydrogen) atoms. The first kappa shape index (κ1) is 14.0. The van der Waals surface area contributed by atoms with E-state index in [9.17, 15) is 4.79 Å². The smallest absolute Gasteiger partial charge is 0.338 e. The van der Waals surface area contributed by atoms with Gasteiger partial charge in [0.15, 0.2) is 0 Å². The molecule has 0 aliphatic rings. The monoisotopic (exact) mass is 242 g/mol. The second-order valence-corrected chi connectivity index (χ2v) is 3.94. The van der Waals surface area contributed by atoms with Crippen molar-refractivity contribution < 1.29 is 9.53 Å². The molecule has 0 aromatic heterocycles. The van der Waals surface area contributed by atoms with E-state index in [1.54, 1.807) is 6.92 Å². The van der Waals surface area contributed by atoms with Crippen LogP contribution in [0.25, 0.3) is 12.2 Å². The van der Waals surface area contributed by atoms with Gasteiger partial charge in [0.25, 0.3) is 0 Å². The number of hydrogen-bond donors (Lipinski definition) is 0. The summed E-state index contributed by atoms with van der Waals surface area (Å²) in [7, 11) is 0. The molecule has 1 rings (SSSR count). The number of carbonyl (C=O) groups excluding carboxylic acids is 1. The highest BCUT2D eigenvalue weighted by Gasteiger charge is 2.11. The summed E-state index contributed by atoms with van der Waals surface area (Å²) in [5.41, 5.74) is 2.14. The first-order valence-electron chi connectivity index (χ1n) is 5.86. The summed E-state index contributed by atoms with van der Waals surface area (Å²) < 4.78 is 5.40. The van der Waals surface area contributed by atoms with Crippen LogP contribution in [-0.4, -0.2) is 5.97 Å². The molecule has 0 atom stereocenters. The molecule has 0 bridgehead atoms. The van der Waals surface area contributed by atoms with Crippen molar-refractivity contribution in [1.82, 2.24) is 0 Å². The van der Waals surface area contributed by atoms with Gasteiger partial charge >= 0.3 is 5.97 Å². The second-order valence-electron chi connectivity index (χ2n) is 3.94. The molecule has 0 saturated carbocycles. The predicted octanol–water partition coefficient (Wildman–Crippen LogP) is 4.23. The zero-order valence-electron chi connectivity index (χ0n) is 11.1. The Morgan fingerprint density at radius 1 is 1.17 bits per heavy atom. The highest BCUT2D eigenvalue weighted by Crippen LogP contribution is 2.27. The fraction of sp³-hybridized carbons (Fsp3) is 0.188. The molecule has 2 nitrogen and oxygen atoms in total. The van der Waals surface area contributed by atoms with Gasteiger partial charge in [0, 0.05) is 16.7 Å². The average molecular weight is 242 g/mol. The van der Waals surface area contributed by atoms with Crippen LogP contribution in [0.2, 0.25) is 0 Å². The topological polar surface area (TPSA) is 26.3 Å². The Morgan fingerprint density at radius 3 is 2.06 bits per heavy atom. The number of allylic oxidation sites excluding steroid dienone is 2. The number of benzene rings is 1. The third-order valence-corrected chi connectivity index (χ3v) is 2.31. The summed E-state index contributed by atoms with van der Waals surface area (Å²) >= 11 is 0. The van der Waals surface area contributed by atoms with Gasteiger partial charge < -0.3 is 4.74 Å². The van der Waals surface area contributed by atoms with Crippen LogP contribution in [0.4, 0.5) is 0 Å². The van der Waals surface area contributed by atoms with E-state index in [0.29, 0.717) is 11.3 Å². The van der Waals surface area contributed by atoms with E-state index in [0.717, 1.165) is 11.1 Å². The highest BCUT2D eigenvalue weighted by molar-refractivity contribution is 5.90. The lowest BCUT2D eigenvalue weighted by Crippen LogP contribution is -2.10. The second kappa shape index (κ2) is 6.60. The van der Waals surface area contributed by atoms with Crippen molar-refractivity contribution in [3.05, 3.63) is 53.6 Å². The Bertz CT molecular complexity index is 478. The first-order valence-corrected chi connectivity index (χ1v) is 5.86. The summed E-state index contributed by atoms with van der Waals surface area (Å²) in [6, 6.07) is 5.75. The summed E-state index contributed by atoms with van der Waals surface area (Å²) in [6.45, 7) is 9.07. The number of ether oxygens (including phenoxy) is 1. The molecule has 2 heteroatoms. The largest absolute Gasteiger partial charge is 0.422 e. The third kappa shape index (κ3) is 3.45. The van der Waals surface area contributed by atoms with Gasteiger partial charge in [-0.1, -0.05) is 49.1 Å². The molecule has 1 aromatic rings. The van der Waals surface area contributed by atoms with Gasteiger partial charge in [-0.25, -0.2) is 4.79 Å². The molecule has 94 valence electrons. The third-order valence-electron chi connectivity index (χ3n) is 2.31. The van der Waals surface area contributed by atoms with Crippen LogP contribution in [-0.2, 0) is 4.79 Å². The lowest BCUT2D eigenvalue weighted by atomic mass is 10.1. The van der Waals surface area contributed by atoms with Gasteiger partial charge in [0.05, 0.1) is 0 Å². The van der Waals surface area contributed by atoms with E-state index in [1.165, 1.54) is 0 Å². The molecule has 0 spiro atoms. The summed E-state index contributed by atoms with van der Waals surface area (Å²) in [6.07, 6.45) is 7.64. The minimum absolute atomic E-state index is 0.386. The molecule has 0 saturated heterocycles. The highest BCUT2D eigenvalue weighted by atomic mass is 16.5. The maximum atomic E-state index is 11.7. The van der Waals surface area contributed by atoms with Crippen LogP contribution < -0.4 is 4.74 Å². The number of esters is 1. The molecule has 0 aliphatic carbocycles. The van der Waals surface area contributed by atoms with Crippen molar-refractivity contribution in [2.75, 3.05) is 0 Å². The van der Waals surface area contributed by atoms with Crippen LogP contribution in [0, 0.1) is 0 Å². The minimum atomic E-state index is -0.405. The van der Waals surface area contributed by atoms with E-state index >= 15 is 0 Å². The molecule has 0 amide bonds. The van der Waals surface area contributed by atoms with Crippen LogP contribution >= 0.6 is 0 Å². The zero-order valence-corrected chi connectivity index (χ0v) is 11.1. The number of rotatable bonds is 4. The van der Waals surface area contributed by atoms with Gasteiger partial charge in [-0.05, 0) is 20.8 Å². The fourth-order valence-electron chi connectivity index (χ4n) is 1.49. The molecule has 0 radical (unpaired) electrons. The number of para-hydroxylation sites is 1. The van der Waals surface area contributed by atoms with E-state index in [4.69, 9.17) is 4.74 Å². The van der Waals surface area contributed by atoms with E-state index in [-0.39, 0.29) is 0 Å². The fourth-order valence-corrected chi connectivity index (χ4v) is 1.49. The summed E-state index contributed by atoms with van der Waals surface area (Å²) in [5.74, 6) is 0.166. The standard InChI is InChI=1S/C16H18O2/c1-5-8-13-10-7-11-14(9-6-2)15(13)18-16(17)12(3)4/h5-11H,3H2,1-2,4H3. The molecule has 0 fully saturated rings. The Morgan fingerprint density at radius 2 is 1.67 bits per heavy atom. The van der Waals surface area contributed by atoms with Crippen molar-refractivity contribution in [2.24, 2.45) is 0 Å². The Labute approximate surface area is 108 Å². The number of carbonyl (C=O) groups is 1. The van der Waals surface area contributed by atoms with Crippen molar-refractivity contribution in [3.8, 4) is 5.75 Å². The van der Waals surface area contributed by atoms with Crippen LogP contribution in [0.5, 0.6) is 5.75 Å². The van der Waals surface area contributed by atoms with Crippen LogP contribution in [0.1, 0.15) is 31.9 Å². The summed E-state index contributed by atoms with van der Waals surface area (Å²) in [4.78, 5) is 11.7. The molecule has 0 aliphatic heterocycles. The van der Waals surface area contributed by atoms with Crippen molar-refractivity contribution in [2.45, 2.75) is 20.8 Å². The van der Waals surface area contributed by atoms with Crippen LogP contribution in [0.3, 0.4) is 0 Å². The normalized spacial score (nSPS) is 11.1. The molecule has 0 heterocycles. The van der Waals surface area contributed by atoms with E-state index in [1.807, 2.05) is 56.4 Å². The first-order chi connectivity index (χ1) is 8.60. The Kier molecular flexibility index (Phi) is 5.12. The average Bonchev–Trinajstić information content (AvgIpc) is 2.33. The molecule has 0 unspecified atom stereocenters. The van der Waals surface area contributed by atoms with Crippen molar-refractivity contribution in [1.29, 1.82) is 0 Å². The predicted molar refractivity (Wildman–Crippen MR) is 76.3 cm³/mol. The van der Waals surface area contributed by atoms with Crippen molar-refractivity contribution >= 4 is 18.1 Å². The van der Waals surface area contributed by atoms with Crippen LogP contribution in [0.15, 0.2) is 42.5 Å². The molecular formula is C16H18O2. The quantitative estimate of drug-likeness (QED) is 0.448.